The van der Waals surface area contributed by atoms with E-state index in [1.165, 1.54) is 27.3 Å². The van der Waals surface area contributed by atoms with E-state index in [4.69, 9.17) is 21.7 Å². The quantitative estimate of drug-likeness (QED) is 0.529. The standard InChI is InChI=1S/C19H20N4O6S2/c1-23(2)31(26,27)11-13(24)10-29-17-12(5-4-6-16(17)28-3)7-8-15-14(9-20)18(25)22-19(30)21-15/h4-8H,10-11H2,1-3H3,(H2,21,22,25,30)/b8-7+. The van der Waals surface area contributed by atoms with Gasteiger partial charge in [0.25, 0.3) is 5.56 Å². The van der Waals surface area contributed by atoms with E-state index in [-0.39, 0.29) is 21.8 Å². The summed E-state index contributed by atoms with van der Waals surface area (Å²) in [7, 11) is 0.375. The van der Waals surface area contributed by atoms with Gasteiger partial charge in [-0.25, -0.2) is 12.7 Å². The first kappa shape index (κ1) is 24.0. The van der Waals surface area contributed by atoms with Crippen LogP contribution in [0.5, 0.6) is 11.5 Å². The first-order valence-electron chi connectivity index (χ1n) is 8.75. The van der Waals surface area contributed by atoms with Crippen molar-refractivity contribution in [3.8, 4) is 17.6 Å². The van der Waals surface area contributed by atoms with Gasteiger partial charge in [0.15, 0.2) is 22.1 Å². The van der Waals surface area contributed by atoms with E-state index >= 15 is 0 Å². The number of nitriles is 1. The number of sulfonamides is 1. The maximum Gasteiger partial charge on any atom is 0.270 e. The van der Waals surface area contributed by atoms with Crippen LogP contribution in [0.3, 0.4) is 0 Å². The van der Waals surface area contributed by atoms with Crippen molar-refractivity contribution in [2.45, 2.75) is 0 Å². The zero-order valence-electron chi connectivity index (χ0n) is 17.0. The van der Waals surface area contributed by atoms with Crippen LogP contribution in [-0.4, -0.2) is 62.0 Å². The van der Waals surface area contributed by atoms with Gasteiger partial charge in [0.05, 0.1) is 12.8 Å². The molecule has 1 aromatic carbocycles. The summed E-state index contributed by atoms with van der Waals surface area (Å²) >= 11 is 4.93. The maximum atomic E-state index is 12.1. The second-order valence-corrected chi connectivity index (χ2v) is 8.98. The number of ketones is 1. The highest BCUT2D eigenvalue weighted by molar-refractivity contribution is 7.89. The Morgan fingerprint density at radius 2 is 2.00 bits per heavy atom. The summed E-state index contributed by atoms with van der Waals surface area (Å²) in [6.07, 6.45) is 3.00. The van der Waals surface area contributed by atoms with E-state index in [2.05, 4.69) is 9.97 Å². The van der Waals surface area contributed by atoms with Crippen molar-refractivity contribution >= 4 is 40.2 Å². The summed E-state index contributed by atoms with van der Waals surface area (Å²) in [5.41, 5.74) is -0.121. The molecule has 2 rings (SSSR count). The molecule has 164 valence electrons. The molecule has 0 amide bonds. The summed E-state index contributed by atoms with van der Waals surface area (Å²) in [5.74, 6) is -0.835. The number of aromatic nitrogens is 2. The lowest BCUT2D eigenvalue weighted by Gasteiger charge is -2.14. The molecule has 0 spiro atoms. The number of benzene rings is 1. The van der Waals surface area contributed by atoms with Gasteiger partial charge in [-0.05, 0) is 30.4 Å². The lowest BCUT2D eigenvalue weighted by molar-refractivity contribution is -0.118. The molecular weight excluding hydrogens is 444 g/mol. The number of rotatable bonds is 9. The third-order valence-electron chi connectivity index (χ3n) is 4.02. The molecule has 1 aromatic heterocycles. The van der Waals surface area contributed by atoms with Crippen LogP contribution in [0.1, 0.15) is 16.8 Å². The van der Waals surface area contributed by atoms with Crippen LogP contribution in [0.4, 0.5) is 0 Å². The van der Waals surface area contributed by atoms with Gasteiger partial charge < -0.3 is 14.5 Å². The molecule has 2 aromatic rings. The number of H-pyrrole nitrogens is 2. The monoisotopic (exact) mass is 464 g/mol. The van der Waals surface area contributed by atoms with E-state index < -0.39 is 33.7 Å². The molecule has 0 radical (unpaired) electrons. The highest BCUT2D eigenvalue weighted by atomic mass is 32.2. The molecule has 0 aliphatic rings. The number of Topliss-reactive ketones (excluding diaryl/α,β-unsaturated/α-hetero) is 1. The normalized spacial score (nSPS) is 11.5. The smallest absolute Gasteiger partial charge is 0.270 e. The third-order valence-corrected chi connectivity index (χ3v) is 6.02. The number of hydrogen-bond acceptors (Lipinski definition) is 8. The molecule has 2 N–H and O–H groups in total. The number of hydrogen-bond donors (Lipinski definition) is 2. The van der Waals surface area contributed by atoms with Gasteiger partial charge in [-0.3, -0.25) is 14.6 Å². The van der Waals surface area contributed by atoms with E-state index in [0.29, 0.717) is 11.3 Å². The molecule has 1 heterocycles. The Hall–Kier alpha value is -3.27. The zero-order chi connectivity index (χ0) is 23.2. The molecule has 12 heteroatoms. The van der Waals surface area contributed by atoms with Gasteiger partial charge in [-0.1, -0.05) is 12.1 Å². The van der Waals surface area contributed by atoms with Gasteiger partial charge in [0.1, 0.15) is 24.0 Å². The number of carbonyl (C=O) groups is 1. The highest BCUT2D eigenvalue weighted by Crippen LogP contribution is 2.32. The minimum absolute atomic E-state index is 0.0541. The van der Waals surface area contributed by atoms with Crippen LogP contribution in [0.25, 0.3) is 12.2 Å². The lowest BCUT2D eigenvalue weighted by Crippen LogP contribution is -2.31. The summed E-state index contributed by atoms with van der Waals surface area (Å²) < 4.78 is 35.6. The molecule has 0 aliphatic carbocycles. The van der Waals surface area contributed by atoms with E-state index in [1.54, 1.807) is 30.3 Å². The number of nitrogens with one attached hydrogen (secondary N) is 2. The average molecular weight is 465 g/mol. The molecule has 0 aliphatic heterocycles. The third kappa shape index (κ3) is 6.11. The Morgan fingerprint density at radius 3 is 2.61 bits per heavy atom. The SMILES string of the molecule is COc1cccc(/C=C/c2[nH]c(=S)[nH]c(=O)c2C#N)c1OCC(=O)CS(=O)(=O)N(C)C. The van der Waals surface area contributed by atoms with Crippen molar-refractivity contribution in [3.63, 3.8) is 0 Å². The Labute approximate surface area is 183 Å². The Kier molecular flexibility index (Phi) is 7.87. The van der Waals surface area contributed by atoms with Gasteiger partial charge in [-0.2, -0.15) is 5.26 Å². The summed E-state index contributed by atoms with van der Waals surface area (Å²) in [6.45, 7) is -0.495. The Balaban J connectivity index is 2.35. The average Bonchev–Trinajstić information content (AvgIpc) is 2.69. The first-order valence-corrected chi connectivity index (χ1v) is 10.8. The van der Waals surface area contributed by atoms with Gasteiger partial charge >= 0.3 is 0 Å². The van der Waals surface area contributed by atoms with Crippen molar-refractivity contribution in [2.24, 2.45) is 0 Å². The molecule has 31 heavy (non-hydrogen) atoms. The van der Waals surface area contributed by atoms with Crippen LogP contribution < -0.4 is 15.0 Å². The fraction of sp³-hybridized carbons (Fsp3) is 0.263. The largest absolute Gasteiger partial charge is 0.493 e. The van der Waals surface area contributed by atoms with Crippen LogP contribution >= 0.6 is 12.2 Å². The Bertz CT molecular complexity index is 1270. The van der Waals surface area contributed by atoms with Crippen LogP contribution in [-0.2, 0) is 14.8 Å². The number of ether oxygens (including phenoxy) is 2. The number of methoxy groups -OCH3 is 1. The fourth-order valence-electron chi connectivity index (χ4n) is 2.42. The van der Waals surface area contributed by atoms with E-state index in [0.717, 1.165) is 4.31 Å². The predicted molar refractivity (Wildman–Crippen MR) is 117 cm³/mol. The molecule has 0 unspecified atom stereocenters. The lowest BCUT2D eigenvalue weighted by atomic mass is 10.1. The maximum absolute atomic E-state index is 12.1. The highest BCUT2D eigenvalue weighted by Gasteiger charge is 2.20. The summed E-state index contributed by atoms with van der Waals surface area (Å²) in [5, 5.41) is 9.21. The molecule has 0 saturated carbocycles. The van der Waals surface area contributed by atoms with Gasteiger partial charge in [-0.15, -0.1) is 0 Å². The number of para-hydroxylation sites is 1. The van der Waals surface area contributed by atoms with Crippen molar-refractivity contribution in [2.75, 3.05) is 33.6 Å². The fourth-order valence-corrected chi connectivity index (χ4v) is 3.37. The molecule has 10 nitrogen and oxygen atoms in total. The van der Waals surface area contributed by atoms with Crippen LogP contribution in [0, 0.1) is 16.1 Å². The van der Waals surface area contributed by atoms with E-state index in [1.807, 2.05) is 0 Å². The topological polar surface area (TPSA) is 145 Å². The first-order chi connectivity index (χ1) is 14.6. The molecule has 0 saturated heterocycles. The minimum atomic E-state index is -3.71. The van der Waals surface area contributed by atoms with Crippen LogP contribution in [0.2, 0.25) is 0 Å². The van der Waals surface area contributed by atoms with Gasteiger partial charge in [0.2, 0.25) is 10.0 Å². The van der Waals surface area contributed by atoms with Crippen LogP contribution in [0.15, 0.2) is 23.0 Å². The molecule has 0 fully saturated rings. The second-order valence-electron chi connectivity index (χ2n) is 6.39. The molecule has 0 bridgehead atoms. The van der Waals surface area contributed by atoms with Crippen molar-refractivity contribution in [1.29, 1.82) is 5.26 Å². The van der Waals surface area contributed by atoms with Crippen molar-refractivity contribution in [3.05, 3.63) is 50.1 Å². The summed E-state index contributed by atoms with van der Waals surface area (Å²) in [4.78, 5) is 29.0. The van der Waals surface area contributed by atoms with Gasteiger partial charge in [0, 0.05) is 19.7 Å². The predicted octanol–water partition coefficient (Wildman–Crippen LogP) is 1.32. The molecule has 0 atom stereocenters. The van der Waals surface area contributed by atoms with Crippen molar-refractivity contribution in [1.82, 2.24) is 14.3 Å². The van der Waals surface area contributed by atoms with Crippen molar-refractivity contribution < 1.29 is 22.7 Å². The number of aromatic amines is 2. The second kappa shape index (κ2) is 10.2. The minimum Gasteiger partial charge on any atom is -0.493 e. The van der Waals surface area contributed by atoms with E-state index in [9.17, 15) is 23.3 Å². The summed E-state index contributed by atoms with van der Waals surface area (Å²) in [6, 6.07) is 6.74. The zero-order valence-corrected chi connectivity index (χ0v) is 18.6. The number of nitrogens with zero attached hydrogens (tertiary/aromatic N) is 2. The Morgan fingerprint density at radius 1 is 1.29 bits per heavy atom. The molecular formula is C19H20N4O6S2. The number of carbonyl (C=O) groups excluding carboxylic acids is 1.